The van der Waals surface area contributed by atoms with Gasteiger partial charge in [-0.2, -0.15) is 0 Å². The summed E-state index contributed by atoms with van der Waals surface area (Å²) in [6.07, 6.45) is 1.19. The van der Waals surface area contributed by atoms with Crippen LogP contribution in [0.3, 0.4) is 0 Å². The number of hydrogen-bond acceptors (Lipinski definition) is 2. The Bertz CT molecular complexity index is 310. The van der Waals surface area contributed by atoms with Crippen molar-refractivity contribution in [2.75, 3.05) is 19.6 Å². The monoisotopic (exact) mass is 218 g/mol. The first kappa shape index (κ1) is 11.6. The molecular formula is C14H22N2. The number of nitrogens with zero attached hydrogens (tertiary/aromatic N) is 1. The Morgan fingerprint density at radius 2 is 2.12 bits per heavy atom. The minimum absolute atomic E-state index is 0.582. The zero-order valence-electron chi connectivity index (χ0n) is 10.3. The Morgan fingerprint density at radius 3 is 2.75 bits per heavy atom. The molecule has 0 aromatic heterocycles. The number of piperazine rings is 1. The molecule has 1 aliphatic rings. The molecule has 1 aliphatic heterocycles. The van der Waals surface area contributed by atoms with E-state index in [1.54, 1.807) is 0 Å². The van der Waals surface area contributed by atoms with E-state index in [0.29, 0.717) is 12.1 Å². The van der Waals surface area contributed by atoms with Crippen LogP contribution in [0.1, 0.15) is 31.9 Å². The number of benzene rings is 1. The highest BCUT2D eigenvalue weighted by molar-refractivity contribution is 5.19. The van der Waals surface area contributed by atoms with Crippen LogP contribution >= 0.6 is 0 Å². The van der Waals surface area contributed by atoms with Gasteiger partial charge in [0, 0.05) is 31.7 Å². The van der Waals surface area contributed by atoms with Gasteiger partial charge < -0.3 is 5.32 Å². The third kappa shape index (κ3) is 2.45. The van der Waals surface area contributed by atoms with Gasteiger partial charge in [-0.1, -0.05) is 37.3 Å². The van der Waals surface area contributed by atoms with Crippen LogP contribution in [0.5, 0.6) is 0 Å². The van der Waals surface area contributed by atoms with Crippen molar-refractivity contribution in [2.24, 2.45) is 0 Å². The van der Waals surface area contributed by atoms with Gasteiger partial charge in [0.05, 0.1) is 0 Å². The Balaban J connectivity index is 2.15. The third-order valence-corrected chi connectivity index (χ3v) is 3.52. The van der Waals surface area contributed by atoms with Crippen LogP contribution in [-0.4, -0.2) is 30.6 Å². The van der Waals surface area contributed by atoms with Gasteiger partial charge in [0.1, 0.15) is 0 Å². The maximum atomic E-state index is 3.45. The number of hydrogen-bond donors (Lipinski definition) is 1. The van der Waals surface area contributed by atoms with E-state index in [0.717, 1.165) is 19.6 Å². The van der Waals surface area contributed by atoms with Gasteiger partial charge in [-0.3, -0.25) is 4.90 Å². The molecule has 0 amide bonds. The lowest BCUT2D eigenvalue weighted by Crippen LogP contribution is -2.50. The topological polar surface area (TPSA) is 15.3 Å². The molecule has 88 valence electrons. The lowest BCUT2D eigenvalue weighted by molar-refractivity contribution is 0.113. The van der Waals surface area contributed by atoms with E-state index in [4.69, 9.17) is 0 Å². The van der Waals surface area contributed by atoms with Gasteiger partial charge >= 0.3 is 0 Å². The second-order valence-electron chi connectivity index (χ2n) is 4.63. The first-order valence-electron chi connectivity index (χ1n) is 6.34. The lowest BCUT2D eigenvalue weighted by atomic mass is 10.00. The molecule has 2 heteroatoms. The molecule has 1 fully saturated rings. The SMILES string of the molecule is CCC(c1ccccc1)N1CCNCC1C. The van der Waals surface area contributed by atoms with Crippen LogP contribution in [0.15, 0.2) is 30.3 Å². The van der Waals surface area contributed by atoms with Crippen molar-refractivity contribution in [2.45, 2.75) is 32.4 Å². The molecule has 0 spiro atoms. The van der Waals surface area contributed by atoms with E-state index in [1.807, 2.05) is 0 Å². The molecule has 2 atom stereocenters. The molecular weight excluding hydrogens is 196 g/mol. The van der Waals surface area contributed by atoms with E-state index >= 15 is 0 Å². The second kappa shape index (κ2) is 5.46. The summed E-state index contributed by atoms with van der Waals surface area (Å²) in [7, 11) is 0. The van der Waals surface area contributed by atoms with Crippen LogP contribution in [0.25, 0.3) is 0 Å². The number of rotatable bonds is 3. The number of nitrogens with one attached hydrogen (secondary N) is 1. The van der Waals surface area contributed by atoms with Gasteiger partial charge in [0.15, 0.2) is 0 Å². The molecule has 1 heterocycles. The lowest BCUT2D eigenvalue weighted by Gasteiger charge is -2.40. The quantitative estimate of drug-likeness (QED) is 0.838. The van der Waals surface area contributed by atoms with Crippen LogP contribution in [0.2, 0.25) is 0 Å². The molecule has 1 N–H and O–H groups in total. The first-order valence-corrected chi connectivity index (χ1v) is 6.34. The molecule has 0 saturated carbocycles. The Morgan fingerprint density at radius 1 is 1.38 bits per heavy atom. The van der Waals surface area contributed by atoms with E-state index in [9.17, 15) is 0 Å². The van der Waals surface area contributed by atoms with Crippen molar-refractivity contribution in [1.29, 1.82) is 0 Å². The Hall–Kier alpha value is -0.860. The Kier molecular flexibility index (Phi) is 3.97. The summed E-state index contributed by atoms with van der Waals surface area (Å²) in [5.74, 6) is 0. The average Bonchev–Trinajstić information content (AvgIpc) is 2.34. The summed E-state index contributed by atoms with van der Waals surface area (Å²) in [6.45, 7) is 8.00. The largest absolute Gasteiger partial charge is 0.314 e. The highest BCUT2D eigenvalue weighted by Crippen LogP contribution is 2.26. The fourth-order valence-electron chi connectivity index (χ4n) is 2.66. The maximum absolute atomic E-state index is 3.45. The van der Waals surface area contributed by atoms with Crippen LogP contribution in [0.4, 0.5) is 0 Å². The highest BCUT2D eigenvalue weighted by Gasteiger charge is 2.25. The normalized spacial score (nSPS) is 24.2. The summed E-state index contributed by atoms with van der Waals surface area (Å²) in [5, 5.41) is 3.45. The summed E-state index contributed by atoms with van der Waals surface area (Å²) >= 11 is 0. The molecule has 0 radical (unpaired) electrons. The average molecular weight is 218 g/mol. The van der Waals surface area contributed by atoms with Gasteiger partial charge in [-0.25, -0.2) is 0 Å². The van der Waals surface area contributed by atoms with Crippen LogP contribution in [0, 0.1) is 0 Å². The van der Waals surface area contributed by atoms with E-state index in [-0.39, 0.29) is 0 Å². The fourth-order valence-corrected chi connectivity index (χ4v) is 2.66. The minimum Gasteiger partial charge on any atom is -0.314 e. The van der Waals surface area contributed by atoms with Crippen molar-refractivity contribution >= 4 is 0 Å². The molecule has 1 saturated heterocycles. The predicted molar refractivity (Wildman–Crippen MR) is 68.5 cm³/mol. The zero-order chi connectivity index (χ0) is 11.4. The van der Waals surface area contributed by atoms with Crippen molar-refractivity contribution in [3.63, 3.8) is 0 Å². The first-order chi connectivity index (χ1) is 7.83. The maximum Gasteiger partial charge on any atom is 0.0349 e. The predicted octanol–water partition coefficient (Wildman–Crippen LogP) is 2.43. The van der Waals surface area contributed by atoms with E-state index in [2.05, 4.69) is 54.4 Å². The zero-order valence-corrected chi connectivity index (χ0v) is 10.3. The summed E-state index contributed by atoms with van der Waals surface area (Å²) < 4.78 is 0. The van der Waals surface area contributed by atoms with Crippen molar-refractivity contribution in [1.82, 2.24) is 10.2 Å². The van der Waals surface area contributed by atoms with E-state index in [1.165, 1.54) is 12.0 Å². The molecule has 2 nitrogen and oxygen atoms in total. The highest BCUT2D eigenvalue weighted by atomic mass is 15.2. The summed E-state index contributed by atoms with van der Waals surface area (Å²) in [6, 6.07) is 12.1. The van der Waals surface area contributed by atoms with Gasteiger partial charge in [-0.15, -0.1) is 0 Å². The summed E-state index contributed by atoms with van der Waals surface area (Å²) in [4.78, 5) is 2.63. The van der Waals surface area contributed by atoms with Gasteiger partial charge in [0.2, 0.25) is 0 Å². The van der Waals surface area contributed by atoms with Crippen molar-refractivity contribution in [3.05, 3.63) is 35.9 Å². The Labute approximate surface area is 98.7 Å². The van der Waals surface area contributed by atoms with Gasteiger partial charge in [0.25, 0.3) is 0 Å². The van der Waals surface area contributed by atoms with E-state index < -0.39 is 0 Å². The smallest absolute Gasteiger partial charge is 0.0349 e. The molecule has 16 heavy (non-hydrogen) atoms. The molecule has 0 bridgehead atoms. The van der Waals surface area contributed by atoms with Crippen molar-refractivity contribution in [3.8, 4) is 0 Å². The fraction of sp³-hybridized carbons (Fsp3) is 0.571. The van der Waals surface area contributed by atoms with Crippen LogP contribution in [-0.2, 0) is 0 Å². The molecule has 2 unspecified atom stereocenters. The minimum atomic E-state index is 0.582. The van der Waals surface area contributed by atoms with Gasteiger partial charge in [-0.05, 0) is 18.9 Å². The third-order valence-electron chi connectivity index (χ3n) is 3.52. The molecule has 0 aliphatic carbocycles. The second-order valence-corrected chi connectivity index (χ2v) is 4.63. The molecule has 2 rings (SSSR count). The molecule has 1 aromatic rings. The molecule has 1 aromatic carbocycles. The van der Waals surface area contributed by atoms with Crippen molar-refractivity contribution < 1.29 is 0 Å². The standard InChI is InChI=1S/C14H22N2/c1-3-14(13-7-5-4-6-8-13)16-10-9-15-11-12(16)2/h4-8,12,14-15H,3,9-11H2,1-2H3. The van der Waals surface area contributed by atoms with Crippen LogP contribution < -0.4 is 5.32 Å². The summed E-state index contributed by atoms with van der Waals surface area (Å²) in [5.41, 5.74) is 1.46.